The summed E-state index contributed by atoms with van der Waals surface area (Å²) in [4.78, 5) is 29.7. The van der Waals surface area contributed by atoms with Crippen molar-refractivity contribution in [1.82, 2.24) is 9.80 Å². The molecule has 1 amide bonds. The molecule has 0 unspecified atom stereocenters. The number of Topliss-reactive ketones (excluding diaryl/α,β-unsaturated/α-hetero) is 1. The van der Waals surface area contributed by atoms with Crippen LogP contribution in [0.4, 0.5) is 4.39 Å². The van der Waals surface area contributed by atoms with Gasteiger partial charge in [-0.15, -0.1) is 0 Å². The van der Waals surface area contributed by atoms with E-state index in [0.29, 0.717) is 31.7 Å². The van der Waals surface area contributed by atoms with E-state index >= 15 is 0 Å². The summed E-state index contributed by atoms with van der Waals surface area (Å²) >= 11 is 0. The highest BCUT2D eigenvalue weighted by Gasteiger charge is 2.45. The van der Waals surface area contributed by atoms with E-state index in [1.807, 2.05) is 30.3 Å². The van der Waals surface area contributed by atoms with Crippen molar-refractivity contribution in [2.45, 2.75) is 12.5 Å². The summed E-state index contributed by atoms with van der Waals surface area (Å²) in [5.74, 6) is -2.08. The third-order valence-electron chi connectivity index (χ3n) is 5.75. The zero-order valence-corrected chi connectivity index (χ0v) is 17.2. The Morgan fingerprint density at radius 2 is 1.68 bits per heavy atom. The first-order valence-corrected chi connectivity index (χ1v) is 10.5. The van der Waals surface area contributed by atoms with Crippen molar-refractivity contribution < 1.29 is 23.8 Å². The topological polar surface area (TPSA) is 70.1 Å². The number of likely N-dealkylation sites (tertiary alicyclic amines) is 1. The number of amides is 1. The molecule has 2 fully saturated rings. The van der Waals surface area contributed by atoms with E-state index in [-0.39, 0.29) is 11.3 Å². The number of ether oxygens (including phenoxy) is 1. The third-order valence-corrected chi connectivity index (χ3v) is 5.75. The van der Waals surface area contributed by atoms with Crippen molar-refractivity contribution in [3.05, 3.63) is 77.1 Å². The van der Waals surface area contributed by atoms with Gasteiger partial charge in [0, 0.05) is 31.7 Å². The zero-order valence-electron chi connectivity index (χ0n) is 17.2. The van der Waals surface area contributed by atoms with Crippen LogP contribution >= 0.6 is 0 Å². The van der Waals surface area contributed by atoms with Gasteiger partial charge < -0.3 is 14.7 Å². The van der Waals surface area contributed by atoms with E-state index in [4.69, 9.17) is 4.74 Å². The molecule has 2 aliphatic rings. The first-order chi connectivity index (χ1) is 15.1. The molecule has 0 spiro atoms. The summed E-state index contributed by atoms with van der Waals surface area (Å²) in [5, 5.41) is 10.9. The Morgan fingerprint density at radius 3 is 2.35 bits per heavy atom. The van der Waals surface area contributed by atoms with Crippen LogP contribution in [-0.2, 0) is 14.3 Å². The van der Waals surface area contributed by atoms with Crippen molar-refractivity contribution in [3.8, 4) is 0 Å². The number of halogens is 1. The van der Waals surface area contributed by atoms with Gasteiger partial charge in [0.1, 0.15) is 11.6 Å². The molecular formula is C24H25FN2O4. The first kappa shape index (κ1) is 21.2. The Hall–Kier alpha value is -3.03. The van der Waals surface area contributed by atoms with Gasteiger partial charge in [-0.25, -0.2) is 4.39 Å². The largest absolute Gasteiger partial charge is 0.507 e. The molecule has 0 radical (unpaired) electrons. The number of hydrogen-bond donors (Lipinski definition) is 1. The predicted octanol–water partition coefficient (Wildman–Crippen LogP) is 2.97. The lowest BCUT2D eigenvalue weighted by molar-refractivity contribution is -0.140. The van der Waals surface area contributed by atoms with Gasteiger partial charge in [-0.3, -0.25) is 14.5 Å². The van der Waals surface area contributed by atoms with Crippen LogP contribution < -0.4 is 0 Å². The minimum Gasteiger partial charge on any atom is -0.507 e. The summed E-state index contributed by atoms with van der Waals surface area (Å²) in [7, 11) is 0. The molecule has 2 aliphatic heterocycles. The minimum absolute atomic E-state index is 0.0363. The van der Waals surface area contributed by atoms with Gasteiger partial charge in [-0.2, -0.15) is 0 Å². The molecule has 4 rings (SSSR count). The third kappa shape index (κ3) is 4.52. The summed E-state index contributed by atoms with van der Waals surface area (Å²) in [6.07, 6.45) is 0.701. The Kier molecular flexibility index (Phi) is 6.44. The number of carbonyl (C=O) groups excluding carboxylic acids is 2. The molecule has 7 heteroatoms. The van der Waals surface area contributed by atoms with Crippen LogP contribution in [0.3, 0.4) is 0 Å². The van der Waals surface area contributed by atoms with E-state index in [1.165, 1.54) is 29.2 Å². The van der Waals surface area contributed by atoms with Crippen LogP contribution in [-0.4, -0.2) is 66.0 Å². The molecule has 2 saturated heterocycles. The van der Waals surface area contributed by atoms with Gasteiger partial charge in [0.05, 0.1) is 24.8 Å². The Balaban J connectivity index is 1.64. The molecule has 0 aromatic heterocycles. The minimum atomic E-state index is -0.720. The zero-order chi connectivity index (χ0) is 21.8. The van der Waals surface area contributed by atoms with E-state index < -0.39 is 23.5 Å². The number of nitrogens with zero attached hydrogens (tertiary/aromatic N) is 2. The monoisotopic (exact) mass is 424 g/mol. The quantitative estimate of drug-likeness (QED) is 0.439. The van der Waals surface area contributed by atoms with Gasteiger partial charge in [-0.05, 0) is 36.2 Å². The number of hydrogen-bond acceptors (Lipinski definition) is 5. The molecule has 2 aromatic rings. The number of morpholine rings is 1. The van der Waals surface area contributed by atoms with Crippen molar-refractivity contribution in [2.75, 3.05) is 39.4 Å². The van der Waals surface area contributed by atoms with E-state index in [1.54, 1.807) is 0 Å². The lowest BCUT2D eigenvalue weighted by Gasteiger charge is -2.29. The summed E-state index contributed by atoms with van der Waals surface area (Å²) in [6.45, 7) is 4.29. The van der Waals surface area contributed by atoms with Gasteiger partial charge in [0.15, 0.2) is 0 Å². The number of ketones is 1. The first-order valence-electron chi connectivity index (χ1n) is 10.5. The molecule has 1 atom stereocenters. The van der Waals surface area contributed by atoms with Gasteiger partial charge in [0.25, 0.3) is 11.7 Å². The lowest BCUT2D eigenvalue weighted by atomic mass is 9.95. The van der Waals surface area contributed by atoms with Crippen LogP contribution in [0.5, 0.6) is 0 Å². The average molecular weight is 424 g/mol. The van der Waals surface area contributed by atoms with Crippen LogP contribution in [0, 0.1) is 5.82 Å². The van der Waals surface area contributed by atoms with Gasteiger partial charge in [-0.1, -0.05) is 30.3 Å². The number of rotatable bonds is 6. The fraction of sp³-hybridized carbons (Fsp3) is 0.333. The van der Waals surface area contributed by atoms with Crippen LogP contribution in [0.2, 0.25) is 0 Å². The van der Waals surface area contributed by atoms with Crippen molar-refractivity contribution >= 4 is 17.4 Å². The Morgan fingerprint density at radius 1 is 1.00 bits per heavy atom. The number of aliphatic hydroxyl groups excluding tert-OH is 1. The second-order valence-electron chi connectivity index (χ2n) is 7.72. The highest BCUT2D eigenvalue weighted by atomic mass is 19.1. The fourth-order valence-corrected chi connectivity index (χ4v) is 4.15. The normalized spacial score (nSPS) is 21.6. The van der Waals surface area contributed by atoms with E-state index in [2.05, 4.69) is 4.90 Å². The highest BCUT2D eigenvalue weighted by Crippen LogP contribution is 2.39. The van der Waals surface area contributed by atoms with Crippen molar-refractivity contribution in [2.24, 2.45) is 0 Å². The smallest absolute Gasteiger partial charge is 0.295 e. The molecule has 0 bridgehead atoms. The maximum absolute atomic E-state index is 13.3. The molecule has 0 saturated carbocycles. The number of carbonyl (C=O) groups is 2. The molecule has 31 heavy (non-hydrogen) atoms. The average Bonchev–Trinajstić information content (AvgIpc) is 3.05. The molecule has 6 nitrogen and oxygen atoms in total. The van der Waals surface area contributed by atoms with Gasteiger partial charge in [0.2, 0.25) is 0 Å². The van der Waals surface area contributed by atoms with Crippen LogP contribution in [0.25, 0.3) is 5.76 Å². The maximum Gasteiger partial charge on any atom is 0.295 e. The van der Waals surface area contributed by atoms with E-state index in [0.717, 1.165) is 25.2 Å². The SMILES string of the molecule is O=C1C(=O)N(CCCN2CCOCC2)[C@H](c2ccccc2)C1=C(O)c1ccc(F)cc1. The predicted molar refractivity (Wildman–Crippen MR) is 114 cm³/mol. The van der Waals surface area contributed by atoms with E-state index in [9.17, 15) is 19.1 Å². The van der Waals surface area contributed by atoms with Crippen molar-refractivity contribution in [1.29, 1.82) is 0 Å². The number of benzene rings is 2. The summed E-state index contributed by atoms with van der Waals surface area (Å²) in [5.41, 5.74) is 1.08. The molecule has 2 heterocycles. The number of aliphatic hydroxyl groups is 1. The van der Waals surface area contributed by atoms with Crippen molar-refractivity contribution in [3.63, 3.8) is 0 Å². The van der Waals surface area contributed by atoms with Crippen LogP contribution in [0.1, 0.15) is 23.6 Å². The lowest BCUT2D eigenvalue weighted by Crippen LogP contribution is -2.38. The molecule has 162 valence electrons. The second-order valence-corrected chi connectivity index (χ2v) is 7.72. The maximum atomic E-state index is 13.3. The second kappa shape index (κ2) is 9.41. The summed E-state index contributed by atoms with van der Waals surface area (Å²) in [6, 6.07) is 13.7. The standard InChI is InChI=1S/C24H25FN2O4/c25-19-9-7-18(8-10-19)22(28)20-21(17-5-2-1-3-6-17)27(24(30)23(20)29)12-4-11-26-13-15-31-16-14-26/h1-3,5-10,21,28H,4,11-16H2/t21-/m1/s1. The fourth-order valence-electron chi connectivity index (χ4n) is 4.15. The molecule has 0 aliphatic carbocycles. The molecular weight excluding hydrogens is 399 g/mol. The summed E-state index contributed by atoms with van der Waals surface area (Å²) < 4.78 is 18.7. The highest BCUT2D eigenvalue weighted by molar-refractivity contribution is 6.46. The van der Waals surface area contributed by atoms with Gasteiger partial charge >= 0.3 is 0 Å². The van der Waals surface area contributed by atoms with Crippen LogP contribution in [0.15, 0.2) is 60.2 Å². The Labute approximate surface area is 180 Å². The Bertz CT molecular complexity index is 969. The molecule has 2 aromatic carbocycles. The molecule has 1 N–H and O–H groups in total.